The molecule has 3 aromatic carbocycles. The lowest BCUT2D eigenvalue weighted by Gasteiger charge is -2.38. The highest BCUT2D eigenvalue weighted by Crippen LogP contribution is 2.62. The van der Waals surface area contributed by atoms with Crippen LogP contribution in [0, 0.1) is 0 Å². The van der Waals surface area contributed by atoms with E-state index in [1.54, 1.807) is 0 Å². The van der Waals surface area contributed by atoms with Crippen LogP contribution in [-0.2, 0) is 0 Å². The number of benzene rings is 3. The highest BCUT2D eigenvalue weighted by Gasteiger charge is 2.42. The molecule has 3 heterocycles. The first kappa shape index (κ1) is 10.7. The lowest BCUT2D eigenvalue weighted by molar-refractivity contribution is 0.373. The monoisotopic (exact) mass is 286 g/mol. The Kier molecular flexibility index (Phi) is 1.68. The lowest BCUT2D eigenvalue weighted by atomic mass is 9.78. The molecule has 3 aliphatic heterocycles. The first-order valence-electron chi connectivity index (χ1n) is 7.32. The molecule has 3 heteroatoms. The van der Waals surface area contributed by atoms with Crippen molar-refractivity contribution in [2.45, 2.75) is 5.92 Å². The number of hydrogen-bond acceptors (Lipinski definition) is 3. The van der Waals surface area contributed by atoms with Crippen molar-refractivity contribution >= 4 is 0 Å². The maximum absolute atomic E-state index is 6.09. The largest absolute Gasteiger partial charge is 0.456 e. The van der Waals surface area contributed by atoms with Crippen LogP contribution in [0.1, 0.15) is 22.6 Å². The van der Waals surface area contributed by atoms with E-state index in [1.807, 2.05) is 54.6 Å². The molecule has 104 valence electrons. The van der Waals surface area contributed by atoms with Crippen LogP contribution in [-0.4, -0.2) is 0 Å². The van der Waals surface area contributed by atoms with E-state index in [1.165, 1.54) is 0 Å². The molecule has 0 spiro atoms. The Labute approximate surface area is 126 Å². The van der Waals surface area contributed by atoms with Gasteiger partial charge in [-0.25, -0.2) is 0 Å². The third kappa shape index (κ3) is 1.11. The van der Waals surface area contributed by atoms with E-state index in [2.05, 4.69) is 0 Å². The molecule has 0 aromatic heterocycles. The van der Waals surface area contributed by atoms with Gasteiger partial charge in [-0.2, -0.15) is 0 Å². The van der Waals surface area contributed by atoms with Gasteiger partial charge < -0.3 is 14.2 Å². The van der Waals surface area contributed by atoms with Crippen LogP contribution in [0.15, 0.2) is 54.6 Å². The van der Waals surface area contributed by atoms with Crippen LogP contribution in [0.2, 0.25) is 0 Å². The van der Waals surface area contributed by atoms with E-state index in [4.69, 9.17) is 14.2 Å². The summed E-state index contributed by atoms with van der Waals surface area (Å²) in [5.41, 5.74) is 3.31. The number of ether oxygens (including phenoxy) is 3. The highest BCUT2D eigenvalue weighted by atomic mass is 16.5. The molecule has 22 heavy (non-hydrogen) atoms. The Morgan fingerprint density at radius 1 is 0.455 bits per heavy atom. The normalized spacial score (nSPS) is 15.3. The fraction of sp³-hybridized carbons (Fsp3) is 0.0526. The van der Waals surface area contributed by atoms with Gasteiger partial charge in [-0.15, -0.1) is 0 Å². The number of rotatable bonds is 0. The summed E-state index contributed by atoms with van der Waals surface area (Å²) in [6.45, 7) is 0. The van der Waals surface area contributed by atoms with E-state index in [-0.39, 0.29) is 5.92 Å². The van der Waals surface area contributed by atoms with Crippen molar-refractivity contribution in [3.8, 4) is 34.5 Å². The van der Waals surface area contributed by atoms with Gasteiger partial charge in [-0.3, -0.25) is 0 Å². The molecule has 0 saturated carbocycles. The molecule has 0 fully saturated rings. The predicted molar refractivity (Wildman–Crippen MR) is 80.5 cm³/mol. The molecule has 0 aliphatic carbocycles. The zero-order chi connectivity index (χ0) is 14.3. The summed E-state index contributed by atoms with van der Waals surface area (Å²) in [5.74, 6) is 5.34. The topological polar surface area (TPSA) is 27.7 Å². The van der Waals surface area contributed by atoms with Crippen molar-refractivity contribution in [1.29, 1.82) is 0 Å². The van der Waals surface area contributed by atoms with Crippen LogP contribution in [0.3, 0.4) is 0 Å². The smallest absolute Gasteiger partial charge is 0.135 e. The van der Waals surface area contributed by atoms with Gasteiger partial charge in [0.2, 0.25) is 0 Å². The van der Waals surface area contributed by atoms with Gasteiger partial charge in [0, 0.05) is 16.7 Å². The summed E-state index contributed by atoms with van der Waals surface area (Å²) in [5, 5.41) is 0. The second-order valence-electron chi connectivity index (χ2n) is 5.74. The molecule has 0 bridgehead atoms. The average Bonchev–Trinajstić information content (AvgIpc) is 2.55. The van der Waals surface area contributed by atoms with Gasteiger partial charge >= 0.3 is 0 Å². The predicted octanol–water partition coefficient (Wildman–Crippen LogP) is 5.18. The standard InChI is InChI=1S/C19H10O3/c1-4-10-16-11(5-1)21-13-7-3-9-15-18(13)19(16)17-12(20-10)6-2-8-14(17)22-15/h1-9,19H. The molecule has 0 unspecified atom stereocenters. The fourth-order valence-electron chi connectivity index (χ4n) is 3.75. The minimum absolute atomic E-state index is 0.125. The van der Waals surface area contributed by atoms with Crippen LogP contribution < -0.4 is 14.2 Å². The van der Waals surface area contributed by atoms with Crippen LogP contribution >= 0.6 is 0 Å². The molecule has 0 N–H and O–H groups in total. The minimum atomic E-state index is 0.125. The minimum Gasteiger partial charge on any atom is -0.456 e. The SMILES string of the molecule is c1cc2c3c(c1)Oc1cccc4c1C3c1c(cccc1O4)O2. The molecule has 3 aromatic rings. The van der Waals surface area contributed by atoms with Crippen molar-refractivity contribution < 1.29 is 14.2 Å². The van der Waals surface area contributed by atoms with Crippen molar-refractivity contribution in [2.24, 2.45) is 0 Å². The molecule has 3 aliphatic rings. The highest BCUT2D eigenvalue weighted by molar-refractivity contribution is 5.74. The molecule has 0 saturated heterocycles. The van der Waals surface area contributed by atoms with E-state index in [9.17, 15) is 0 Å². The zero-order valence-electron chi connectivity index (χ0n) is 11.5. The molecule has 3 nitrogen and oxygen atoms in total. The van der Waals surface area contributed by atoms with Crippen molar-refractivity contribution in [1.82, 2.24) is 0 Å². The first-order chi connectivity index (χ1) is 10.9. The summed E-state index contributed by atoms with van der Waals surface area (Å²) < 4.78 is 18.3. The molecule has 0 atom stereocenters. The van der Waals surface area contributed by atoms with Crippen LogP contribution in [0.5, 0.6) is 34.5 Å². The Bertz CT molecular complexity index is 786. The third-order valence-electron chi connectivity index (χ3n) is 4.60. The van der Waals surface area contributed by atoms with Gasteiger partial charge in [0.25, 0.3) is 0 Å². The zero-order valence-corrected chi connectivity index (χ0v) is 11.5. The quantitative estimate of drug-likeness (QED) is 0.385. The van der Waals surface area contributed by atoms with Gasteiger partial charge in [0.15, 0.2) is 0 Å². The molecule has 0 radical (unpaired) electrons. The van der Waals surface area contributed by atoms with Gasteiger partial charge in [-0.1, -0.05) is 18.2 Å². The summed E-state index contributed by atoms with van der Waals surface area (Å²) in [7, 11) is 0. The number of hydrogen-bond donors (Lipinski definition) is 0. The Morgan fingerprint density at radius 3 is 1.00 bits per heavy atom. The van der Waals surface area contributed by atoms with Gasteiger partial charge in [0.05, 0.1) is 5.92 Å². The maximum Gasteiger partial charge on any atom is 0.135 e. The van der Waals surface area contributed by atoms with Crippen LogP contribution in [0.4, 0.5) is 0 Å². The molecule has 0 amide bonds. The van der Waals surface area contributed by atoms with Gasteiger partial charge in [0.1, 0.15) is 34.5 Å². The van der Waals surface area contributed by atoms with Crippen molar-refractivity contribution in [3.63, 3.8) is 0 Å². The fourth-order valence-corrected chi connectivity index (χ4v) is 3.75. The van der Waals surface area contributed by atoms with Crippen LogP contribution in [0.25, 0.3) is 0 Å². The van der Waals surface area contributed by atoms with Gasteiger partial charge in [-0.05, 0) is 36.4 Å². The Balaban J connectivity index is 1.80. The molecule has 6 rings (SSSR count). The average molecular weight is 286 g/mol. The second kappa shape index (κ2) is 3.45. The Hall–Kier alpha value is -2.94. The van der Waals surface area contributed by atoms with E-state index in [0.717, 1.165) is 51.2 Å². The summed E-state index contributed by atoms with van der Waals surface area (Å²) in [6.07, 6.45) is 0. The Morgan fingerprint density at radius 2 is 0.727 bits per heavy atom. The van der Waals surface area contributed by atoms with E-state index >= 15 is 0 Å². The third-order valence-corrected chi connectivity index (χ3v) is 4.60. The summed E-state index contributed by atoms with van der Waals surface area (Å²) >= 11 is 0. The van der Waals surface area contributed by atoms with E-state index in [0.29, 0.717) is 0 Å². The molecular formula is C19H10O3. The summed E-state index contributed by atoms with van der Waals surface area (Å²) in [4.78, 5) is 0. The van der Waals surface area contributed by atoms with E-state index < -0.39 is 0 Å². The maximum atomic E-state index is 6.09. The van der Waals surface area contributed by atoms with Crippen molar-refractivity contribution in [2.75, 3.05) is 0 Å². The first-order valence-corrected chi connectivity index (χ1v) is 7.32. The van der Waals surface area contributed by atoms with Crippen molar-refractivity contribution in [3.05, 3.63) is 71.3 Å². The molecular weight excluding hydrogens is 276 g/mol. The summed E-state index contributed by atoms with van der Waals surface area (Å²) in [6, 6.07) is 17.9. The lowest BCUT2D eigenvalue weighted by Crippen LogP contribution is -2.21. The second-order valence-corrected chi connectivity index (χ2v) is 5.74.